The summed E-state index contributed by atoms with van der Waals surface area (Å²) in [5, 5.41) is 9.88. The van der Waals surface area contributed by atoms with E-state index in [1.807, 2.05) is 24.3 Å². The van der Waals surface area contributed by atoms with Gasteiger partial charge < -0.3 is 10.6 Å². The molecule has 0 amide bonds. The second-order valence-corrected chi connectivity index (χ2v) is 4.87. The smallest absolute Gasteiger partial charge is 0.123 e. The topological polar surface area (TPSA) is 53.1 Å². The van der Waals surface area contributed by atoms with Crippen LogP contribution in [0, 0.1) is 5.41 Å². The van der Waals surface area contributed by atoms with Crippen LogP contribution in [0.2, 0.25) is 0 Å². The quantitative estimate of drug-likeness (QED) is 0.636. The van der Waals surface area contributed by atoms with E-state index in [1.54, 1.807) is 0 Å². The molecule has 0 unspecified atom stereocenters. The summed E-state index contributed by atoms with van der Waals surface area (Å²) in [4.78, 5) is 2.27. The maximum absolute atomic E-state index is 7.67. The first-order chi connectivity index (χ1) is 9.15. The van der Waals surface area contributed by atoms with Crippen molar-refractivity contribution < 1.29 is 0 Å². The van der Waals surface area contributed by atoms with E-state index in [4.69, 9.17) is 11.1 Å². The lowest BCUT2D eigenvalue weighted by Gasteiger charge is -2.22. The average Bonchev–Trinajstić information content (AvgIpc) is 2.43. The molecule has 2 rings (SSSR count). The summed E-state index contributed by atoms with van der Waals surface area (Å²) in [6, 6.07) is 12.2. The third-order valence-electron chi connectivity index (χ3n) is 3.45. The van der Waals surface area contributed by atoms with Gasteiger partial charge in [-0.15, -0.1) is 0 Å². The molecule has 2 aromatic carbocycles. The highest BCUT2D eigenvalue weighted by molar-refractivity contribution is 6.10. The fraction of sp³-hybridized carbons (Fsp3) is 0.312. The maximum Gasteiger partial charge on any atom is 0.123 e. The van der Waals surface area contributed by atoms with E-state index in [1.165, 1.54) is 18.5 Å². The number of unbranched alkanes of at least 4 members (excludes halogenated alkanes) is 1. The number of fused-ring (bicyclic) bond motifs is 1. The van der Waals surface area contributed by atoms with Crippen molar-refractivity contribution in [3.63, 3.8) is 0 Å². The minimum absolute atomic E-state index is 0.124. The molecule has 3 N–H and O–H groups in total. The summed E-state index contributed by atoms with van der Waals surface area (Å²) >= 11 is 0. The predicted octanol–water partition coefficient (Wildman–Crippen LogP) is 3.36. The Bertz CT molecular complexity index is 590. The van der Waals surface area contributed by atoms with Gasteiger partial charge in [-0.25, -0.2) is 0 Å². The van der Waals surface area contributed by atoms with Crippen molar-refractivity contribution in [3.8, 4) is 0 Å². The third-order valence-corrected chi connectivity index (χ3v) is 3.45. The molecule has 0 bridgehead atoms. The van der Waals surface area contributed by atoms with Gasteiger partial charge in [0.1, 0.15) is 5.84 Å². The van der Waals surface area contributed by atoms with Crippen LogP contribution in [0.15, 0.2) is 36.4 Å². The van der Waals surface area contributed by atoms with Gasteiger partial charge in [0.15, 0.2) is 0 Å². The molecule has 0 aliphatic carbocycles. The van der Waals surface area contributed by atoms with Crippen molar-refractivity contribution in [1.82, 2.24) is 0 Å². The van der Waals surface area contributed by atoms with Crippen LogP contribution in [0.4, 0.5) is 5.69 Å². The summed E-state index contributed by atoms with van der Waals surface area (Å²) in [6.07, 6.45) is 2.37. The standard InChI is InChI=1S/C16H21N3/c1-3-4-11-19(2)15-10-9-14(16(17)18)12-7-5-6-8-13(12)15/h5-10H,3-4,11H2,1-2H3,(H3,17,18). The maximum atomic E-state index is 7.67. The molecule has 3 heteroatoms. The predicted molar refractivity (Wildman–Crippen MR) is 83.1 cm³/mol. The van der Waals surface area contributed by atoms with Crippen molar-refractivity contribution in [2.75, 3.05) is 18.5 Å². The minimum Gasteiger partial charge on any atom is -0.384 e. The fourth-order valence-corrected chi connectivity index (χ4v) is 2.37. The zero-order chi connectivity index (χ0) is 13.8. The van der Waals surface area contributed by atoms with Crippen LogP contribution in [0.25, 0.3) is 10.8 Å². The number of nitrogens with two attached hydrogens (primary N) is 1. The van der Waals surface area contributed by atoms with Crippen LogP contribution in [-0.2, 0) is 0 Å². The van der Waals surface area contributed by atoms with Crippen molar-refractivity contribution in [2.45, 2.75) is 19.8 Å². The molecule has 0 aliphatic rings. The monoisotopic (exact) mass is 255 g/mol. The third kappa shape index (κ3) is 2.70. The summed E-state index contributed by atoms with van der Waals surface area (Å²) in [5.41, 5.74) is 7.67. The minimum atomic E-state index is 0.124. The molecule has 19 heavy (non-hydrogen) atoms. The van der Waals surface area contributed by atoms with Crippen molar-refractivity contribution in [3.05, 3.63) is 42.0 Å². The van der Waals surface area contributed by atoms with E-state index >= 15 is 0 Å². The number of hydrogen-bond acceptors (Lipinski definition) is 2. The van der Waals surface area contributed by atoms with Crippen molar-refractivity contribution >= 4 is 22.3 Å². The van der Waals surface area contributed by atoms with Crippen LogP contribution >= 0.6 is 0 Å². The number of nitrogens with one attached hydrogen (secondary N) is 1. The fourth-order valence-electron chi connectivity index (χ4n) is 2.37. The SMILES string of the molecule is CCCCN(C)c1ccc(C(=N)N)c2ccccc12. The Labute approximate surface area is 114 Å². The lowest BCUT2D eigenvalue weighted by Crippen LogP contribution is -2.19. The molecule has 100 valence electrons. The average molecular weight is 255 g/mol. The highest BCUT2D eigenvalue weighted by Crippen LogP contribution is 2.28. The Kier molecular flexibility index (Phi) is 4.05. The van der Waals surface area contributed by atoms with E-state index in [0.29, 0.717) is 0 Å². The van der Waals surface area contributed by atoms with Crippen LogP contribution in [0.3, 0.4) is 0 Å². The zero-order valence-electron chi connectivity index (χ0n) is 11.6. The first kappa shape index (κ1) is 13.4. The molecule has 0 heterocycles. The van der Waals surface area contributed by atoms with E-state index in [-0.39, 0.29) is 5.84 Å². The summed E-state index contributed by atoms with van der Waals surface area (Å²) in [7, 11) is 2.12. The molecule has 3 nitrogen and oxygen atoms in total. The number of anilines is 1. The zero-order valence-corrected chi connectivity index (χ0v) is 11.6. The van der Waals surface area contributed by atoms with Gasteiger partial charge in [0.2, 0.25) is 0 Å². The van der Waals surface area contributed by atoms with Crippen LogP contribution in [0.5, 0.6) is 0 Å². The Morgan fingerprint density at radius 1 is 1.16 bits per heavy atom. The molecular formula is C16H21N3. The van der Waals surface area contributed by atoms with Gasteiger partial charge in [-0.3, -0.25) is 5.41 Å². The molecule has 0 saturated carbocycles. The number of nitrogen functional groups attached to an aromatic ring is 1. The van der Waals surface area contributed by atoms with E-state index in [9.17, 15) is 0 Å². The van der Waals surface area contributed by atoms with Crippen LogP contribution in [-0.4, -0.2) is 19.4 Å². The van der Waals surface area contributed by atoms with E-state index < -0.39 is 0 Å². The van der Waals surface area contributed by atoms with Gasteiger partial charge in [0, 0.05) is 30.2 Å². The highest BCUT2D eigenvalue weighted by atomic mass is 15.1. The van der Waals surface area contributed by atoms with Crippen LogP contribution < -0.4 is 10.6 Å². The normalized spacial score (nSPS) is 10.6. The Morgan fingerprint density at radius 3 is 2.47 bits per heavy atom. The van der Waals surface area contributed by atoms with Crippen LogP contribution in [0.1, 0.15) is 25.3 Å². The number of hydrogen-bond donors (Lipinski definition) is 2. The summed E-state index contributed by atoms with van der Waals surface area (Å²) in [5.74, 6) is 0.124. The largest absolute Gasteiger partial charge is 0.384 e. The Morgan fingerprint density at radius 2 is 1.84 bits per heavy atom. The van der Waals surface area contributed by atoms with Gasteiger partial charge in [-0.05, 0) is 23.9 Å². The Hall–Kier alpha value is -2.03. The van der Waals surface area contributed by atoms with Gasteiger partial charge in [-0.2, -0.15) is 0 Å². The molecular weight excluding hydrogens is 234 g/mol. The summed E-state index contributed by atoms with van der Waals surface area (Å²) < 4.78 is 0. The first-order valence-corrected chi connectivity index (χ1v) is 6.72. The van der Waals surface area contributed by atoms with Gasteiger partial charge >= 0.3 is 0 Å². The Balaban J connectivity index is 2.52. The molecule has 0 fully saturated rings. The second kappa shape index (κ2) is 5.74. The molecule has 0 radical (unpaired) electrons. The molecule has 0 saturated heterocycles. The lowest BCUT2D eigenvalue weighted by atomic mass is 10.0. The summed E-state index contributed by atoms with van der Waals surface area (Å²) in [6.45, 7) is 3.24. The van der Waals surface area contributed by atoms with E-state index in [2.05, 4.69) is 31.0 Å². The molecule has 0 aromatic heterocycles. The van der Waals surface area contributed by atoms with Crippen molar-refractivity contribution in [1.29, 1.82) is 5.41 Å². The second-order valence-electron chi connectivity index (χ2n) is 4.87. The van der Waals surface area contributed by atoms with Crippen molar-refractivity contribution in [2.24, 2.45) is 5.73 Å². The number of nitrogens with zero attached hydrogens (tertiary/aromatic N) is 1. The lowest BCUT2D eigenvalue weighted by molar-refractivity contribution is 0.768. The van der Waals surface area contributed by atoms with Gasteiger partial charge in [-0.1, -0.05) is 37.6 Å². The van der Waals surface area contributed by atoms with Gasteiger partial charge in [0.05, 0.1) is 0 Å². The highest BCUT2D eigenvalue weighted by Gasteiger charge is 2.10. The number of rotatable bonds is 5. The number of benzene rings is 2. The molecule has 0 atom stereocenters. The van der Waals surface area contributed by atoms with Gasteiger partial charge in [0.25, 0.3) is 0 Å². The first-order valence-electron chi connectivity index (χ1n) is 6.72. The molecule has 2 aromatic rings. The number of amidine groups is 1. The molecule has 0 spiro atoms. The van der Waals surface area contributed by atoms with E-state index in [0.717, 1.165) is 22.9 Å². The molecule has 0 aliphatic heterocycles.